The zero-order chi connectivity index (χ0) is 6.85. The van der Waals surface area contributed by atoms with Crippen molar-refractivity contribution in [3.63, 3.8) is 0 Å². The van der Waals surface area contributed by atoms with Gasteiger partial charge in [-0.25, -0.2) is 4.98 Å². The van der Waals surface area contributed by atoms with Gasteiger partial charge < -0.3 is 5.73 Å². The van der Waals surface area contributed by atoms with Crippen LogP contribution in [-0.4, -0.2) is 4.98 Å². The van der Waals surface area contributed by atoms with E-state index in [1.54, 1.807) is 0 Å². The van der Waals surface area contributed by atoms with Crippen LogP contribution < -0.4 is 5.73 Å². The largest absolute Gasteiger partial charge is 0.397 e. The lowest BCUT2D eigenvalue weighted by Crippen LogP contribution is -1.92. The van der Waals surface area contributed by atoms with Gasteiger partial charge in [-0.15, -0.1) is 0 Å². The number of hydrogen-bond acceptors (Lipinski definition) is 2. The van der Waals surface area contributed by atoms with Gasteiger partial charge in [0.05, 0.1) is 11.9 Å². The second-order valence-electron chi connectivity index (χ2n) is 1.53. The van der Waals surface area contributed by atoms with E-state index in [-0.39, 0.29) is 0 Å². The second kappa shape index (κ2) is 2.47. The van der Waals surface area contributed by atoms with Crippen LogP contribution in [0.3, 0.4) is 0 Å². The van der Waals surface area contributed by atoms with Crippen LogP contribution in [0.1, 0.15) is 0 Å². The first-order valence-electron chi connectivity index (χ1n) is 2.26. The Balaban J connectivity index is 3.17. The van der Waals surface area contributed by atoms with E-state index in [1.807, 2.05) is 22.6 Å². The number of pyridine rings is 1. The molecular weight excluding hydrogens is 234 g/mol. The number of aromatic nitrogens is 1. The van der Waals surface area contributed by atoms with E-state index in [2.05, 4.69) is 4.98 Å². The molecule has 48 valence electrons. The lowest BCUT2D eigenvalue weighted by Gasteiger charge is -1.93. The second-order valence-corrected chi connectivity index (χ2v) is 2.69. The third kappa shape index (κ3) is 1.51. The number of nitrogen functional groups attached to an aromatic ring is 1. The summed E-state index contributed by atoms with van der Waals surface area (Å²) < 4.78 is 12.9. The Morgan fingerprint density at radius 1 is 1.67 bits per heavy atom. The highest BCUT2D eigenvalue weighted by molar-refractivity contribution is 14.1. The molecule has 0 amide bonds. The summed E-state index contributed by atoms with van der Waals surface area (Å²) in [6.45, 7) is 0. The van der Waals surface area contributed by atoms with Gasteiger partial charge in [0.25, 0.3) is 0 Å². The zero-order valence-corrected chi connectivity index (χ0v) is 6.59. The molecule has 0 saturated carbocycles. The lowest BCUT2D eigenvalue weighted by molar-refractivity contribution is 0.583. The maximum Gasteiger partial charge on any atom is 0.213 e. The van der Waals surface area contributed by atoms with Crippen LogP contribution in [0.2, 0.25) is 0 Å². The molecule has 0 fully saturated rings. The minimum absolute atomic E-state index is 0.492. The van der Waals surface area contributed by atoms with Gasteiger partial charge in [-0.1, -0.05) is 0 Å². The third-order valence-corrected chi connectivity index (χ3v) is 1.78. The molecule has 1 aromatic heterocycles. The Kier molecular flexibility index (Phi) is 1.84. The molecule has 0 aliphatic heterocycles. The number of hydrogen-bond donors (Lipinski definition) is 1. The van der Waals surface area contributed by atoms with Crippen LogP contribution in [0, 0.1) is 9.52 Å². The van der Waals surface area contributed by atoms with Gasteiger partial charge in [0, 0.05) is 9.64 Å². The lowest BCUT2D eigenvalue weighted by atomic mass is 10.4. The molecule has 0 bridgehead atoms. The Morgan fingerprint density at radius 2 is 2.33 bits per heavy atom. The van der Waals surface area contributed by atoms with Crippen molar-refractivity contribution >= 4 is 28.3 Å². The highest BCUT2D eigenvalue weighted by Gasteiger charge is 1.95. The summed E-state index contributed by atoms with van der Waals surface area (Å²) in [5.41, 5.74) is 5.86. The number of halogens is 2. The third-order valence-electron chi connectivity index (χ3n) is 0.849. The minimum atomic E-state index is -0.492. The zero-order valence-electron chi connectivity index (χ0n) is 4.44. The summed E-state index contributed by atoms with van der Waals surface area (Å²) in [7, 11) is 0. The summed E-state index contributed by atoms with van der Waals surface area (Å²) in [6, 6.07) is 1.29. The van der Waals surface area contributed by atoms with E-state index >= 15 is 0 Å². The summed E-state index contributed by atoms with van der Waals surface area (Å²) in [5, 5.41) is 0. The van der Waals surface area contributed by atoms with Gasteiger partial charge in [0.1, 0.15) is 0 Å². The van der Waals surface area contributed by atoms with Crippen LogP contribution in [0.15, 0.2) is 12.3 Å². The molecule has 1 rings (SSSR count). The quantitative estimate of drug-likeness (QED) is 0.548. The van der Waals surface area contributed by atoms with Gasteiger partial charge in [0.2, 0.25) is 5.95 Å². The van der Waals surface area contributed by atoms with Crippen LogP contribution in [-0.2, 0) is 0 Å². The predicted molar refractivity (Wildman–Crippen MR) is 41.3 cm³/mol. The molecule has 0 saturated heterocycles. The van der Waals surface area contributed by atoms with E-state index in [0.717, 1.165) is 0 Å². The van der Waals surface area contributed by atoms with Gasteiger partial charge in [-0.05, 0) is 22.6 Å². The first kappa shape index (κ1) is 6.73. The molecule has 1 heterocycles. The maximum absolute atomic E-state index is 12.2. The molecule has 0 radical (unpaired) electrons. The molecule has 0 spiro atoms. The normalized spacial score (nSPS) is 9.56. The smallest absolute Gasteiger partial charge is 0.213 e. The molecule has 0 aromatic carbocycles. The summed E-state index contributed by atoms with van der Waals surface area (Å²) in [6.07, 6.45) is 1.30. The topological polar surface area (TPSA) is 38.9 Å². The first-order valence-corrected chi connectivity index (χ1v) is 3.34. The van der Waals surface area contributed by atoms with Crippen LogP contribution in [0.4, 0.5) is 10.1 Å². The Labute approximate surface area is 65.4 Å². The van der Waals surface area contributed by atoms with E-state index in [0.29, 0.717) is 9.26 Å². The molecular formula is C5H4FIN2. The monoisotopic (exact) mass is 238 g/mol. The Morgan fingerprint density at radius 3 is 2.78 bits per heavy atom. The fraction of sp³-hybridized carbons (Fsp3) is 0. The minimum Gasteiger partial charge on any atom is -0.397 e. The molecule has 0 unspecified atom stereocenters. The van der Waals surface area contributed by atoms with Gasteiger partial charge in [-0.2, -0.15) is 4.39 Å². The maximum atomic E-state index is 12.2. The van der Waals surface area contributed by atoms with Crippen LogP contribution >= 0.6 is 22.6 Å². The van der Waals surface area contributed by atoms with Crippen molar-refractivity contribution in [2.24, 2.45) is 0 Å². The van der Waals surface area contributed by atoms with Crippen molar-refractivity contribution in [2.45, 2.75) is 0 Å². The molecule has 9 heavy (non-hydrogen) atoms. The number of rotatable bonds is 0. The van der Waals surface area contributed by atoms with Crippen LogP contribution in [0.25, 0.3) is 0 Å². The average molecular weight is 238 g/mol. The van der Waals surface area contributed by atoms with Gasteiger partial charge in [0.15, 0.2) is 0 Å². The first-order chi connectivity index (χ1) is 4.20. The van der Waals surface area contributed by atoms with Crippen molar-refractivity contribution in [3.8, 4) is 0 Å². The summed E-state index contributed by atoms with van der Waals surface area (Å²) >= 11 is 1.94. The van der Waals surface area contributed by atoms with E-state index in [4.69, 9.17) is 5.73 Å². The fourth-order valence-electron chi connectivity index (χ4n) is 0.418. The standard InChI is InChI=1S/C5H4FIN2/c6-5-1-3(7)4(8)2-9-5/h1-2H,8H2. The van der Waals surface area contributed by atoms with E-state index in [1.165, 1.54) is 12.3 Å². The van der Waals surface area contributed by atoms with Crippen molar-refractivity contribution < 1.29 is 4.39 Å². The fourth-order valence-corrected chi connectivity index (χ4v) is 0.814. The number of nitrogens with two attached hydrogens (primary N) is 1. The molecule has 0 aliphatic rings. The SMILES string of the molecule is Nc1cnc(F)cc1I. The van der Waals surface area contributed by atoms with E-state index in [9.17, 15) is 4.39 Å². The van der Waals surface area contributed by atoms with E-state index < -0.39 is 5.95 Å². The molecule has 0 atom stereocenters. The molecule has 2 N–H and O–H groups in total. The van der Waals surface area contributed by atoms with Crippen LogP contribution in [0.5, 0.6) is 0 Å². The molecule has 0 aliphatic carbocycles. The Bertz CT molecular complexity index is 226. The van der Waals surface area contributed by atoms with Crippen molar-refractivity contribution in [1.29, 1.82) is 0 Å². The molecule has 2 nitrogen and oxygen atoms in total. The van der Waals surface area contributed by atoms with Crippen molar-refractivity contribution in [3.05, 3.63) is 21.8 Å². The molecule has 1 aromatic rings. The number of nitrogens with zero attached hydrogens (tertiary/aromatic N) is 1. The Hall–Kier alpha value is -0.390. The molecule has 4 heteroatoms. The predicted octanol–water partition coefficient (Wildman–Crippen LogP) is 1.41. The van der Waals surface area contributed by atoms with Crippen molar-refractivity contribution in [2.75, 3.05) is 5.73 Å². The average Bonchev–Trinajstić information content (AvgIpc) is 1.80. The highest BCUT2D eigenvalue weighted by Crippen LogP contribution is 2.12. The van der Waals surface area contributed by atoms with Crippen molar-refractivity contribution in [1.82, 2.24) is 4.98 Å². The number of anilines is 1. The summed E-state index contributed by atoms with van der Waals surface area (Å²) in [4.78, 5) is 3.34. The highest BCUT2D eigenvalue weighted by atomic mass is 127. The summed E-state index contributed by atoms with van der Waals surface area (Å²) in [5.74, 6) is -0.492. The van der Waals surface area contributed by atoms with Gasteiger partial charge >= 0.3 is 0 Å². The van der Waals surface area contributed by atoms with Gasteiger partial charge in [-0.3, -0.25) is 0 Å².